The van der Waals surface area contributed by atoms with Gasteiger partial charge in [-0.2, -0.15) is 0 Å². The van der Waals surface area contributed by atoms with Gasteiger partial charge < -0.3 is 14.0 Å². The quantitative estimate of drug-likeness (QED) is 0.193. The Morgan fingerprint density at radius 1 is 0.684 bits per heavy atom. The van der Waals surface area contributed by atoms with Crippen molar-refractivity contribution < 1.29 is 28.2 Å². The number of hydrogen-bond acceptors (Lipinski definition) is 6. The van der Waals surface area contributed by atoms with Gasteiger partial charge >= 0.3 is 11.9 Å². The van der Waals surface area contributed by atoms with Crippen LogP contribution in [-0.2, 0) is 36.8 Å². The highest BCUT2D eigenvalue weighted by molar-refractivity contribution is 7.67. The van der Waals surface area contributed by atoms with Crippen LogP contribution in [0.5, 0.6) is 5.75 Å². The van der Waals surface area contributed by atoms with Crippen molar-refractivity contribution in [1.29, 1.82) is 0 Å². The molecule has 1 aliphatic rings. The van der Waals surface area contributed by atoms with E-state index in [9.17, 15) is 14.2 Å². The Labute approximate surface area is 221 Å². The molecular weight excluding hydrogens is 499 g/mol. The van der Waals surface area contributed by atoms with Crippen LogP contribution in [0.25, 0.3) is 11.1 Å². The van der Waals surface area contributed by atoms with Gasteiger partial charge in [0.2, 0.25) is 0 Å². The van der Waals surface area contributed by atoms with Crippen molar-refractivity contribution in [3.8, 4) is 16.9 Å². The molecule has 0 bridgehead atoms. The van der Waals surface area contributed by atoms with Gasteiger partial charge in [-0.15, -0.1) is 0 Å². The van der Waals surface area contributed by atoms with E-state index in [1.165, 1.54) is 0 Å². The summed E-state index contributed by atoms with van der Waals surface area (Å²) in [6.07, 6.45) is -0.468. The van der Waals surface area contributed by atoms with Crippen molar-refractivity contribution in [1.82, 2.24) is 0 Å². The molecule has 4 aromatic rings. The van der Waals surface area contributed by atoms with Gasteiger partial charge in [-0.05, 0) is 28.8 Å². The molecule has 192 valence electrons. The SMILES string of the molecule is O=C(CC(CP1(=O)Oc2ccccc2-c2ccccc21)C(=O)OCc1ccccc1)OCc1ccccc1. The van der Waals surface area contributed by atoms with Gasteiger partial charge in [0.05, 0.1) is 23.8 Å². The molecule has 0 radical (unpaired) electrons. The Bertz CT molecular complexity index is 1470. The number of esters is 2. The minimum absolute atomic E-state index is 0.0415. The number of carbonyl (C=O) groups excluding carboxylic acids is 2. The molecule has 0 spiro atoms. The summed E-state index contributed by atoms with van der Waals surface area (Å²) in [6, 6.07) is 33.2. The highest BCUT2D eigenvalue weighted by atomic mass is 31.2. The van der Waals surface area contributed by atoms with Crippen molar-refractivity contribution in [2.75, 3.05) is 6.16 Å². The summed E-state index contributed by atoms with van der Waals surface area (Å²) in [6.45, 7) is 0.121. The first-order valence-electron chi connectivity index (χ1n) is 12.4. The number of benzene rings is 4. The first-order chi connectivity index (χ1) is 18.5. The summed E-state index contributed by atoms with van der Waals surface area (Å²) in [7, 11) is -3.58. The Balaban J connectivity index is 1.38. The molecule has 6 nitrogen and oxygen atoms in total. The van der Waals surface area contributed by atoms with E-state index in [4.69, 9.17) is 14.0 Å². The smallest absolute Gasteiger partial charge is 0.310 e. The van der Waals surface area contributed by atoms with Crippen LogP contribution in [0.2, 0.25) is 0 Å². The molecule has 7 heteroatoms. The summed E-state index contributed by atoms with van der Waals surface area (Å²) < 4.78 is 31.5. The zero-order chi connectivity index (χ0) is 26.4. The second-order valence-corrected chi connectivity index (χ2v) is 11.5. The van der Waals surface area contributed by atoms with Crippen molar-refractivity contribution in [3.05, 3.63) is 120 Å². The normalized spacial score (nSPS) is 16.3. The molecule has 0 saturated heterocycles. The number of hydrogen-bond donors (Lipinski definition) is 0. The summed E-state index contributed by atoms with van der Waals surface area (Å²) in [5.74, 6) is -1.74. The maximum absolute atomic E-state index is 14.4. The van der Waals surface area contributed by atoms with Crippen molar-refractivity contribution in [2.45, 2.75) is 19.6 Å². The summed E-state index contributed by atoms with van der Waals surface area (Å²) >= 11 is 0. The first-order valence-corrected chi connectivity index (χ1v) is 14.2. The third-order valence-corrected chi connectivity index (χ3v) is 8.91. The van der Waals surface area contributed by atoms with Gasteiger partial charge in [0.1, 0.15) is 19.0 Å². The lowest BCUT2D eigenvalue weighted by Crippen LogP contribution is -2.30. The molecule has 5 rings (SSSR count). The van der Waals surface area contributed by atoms with E-state index in [1.54, 1.807) is 18.2 Å². The van der Waals surface area contributed by atoms with Crippen LogP contribution in [0.4, 0.5) is 0 Å². The molecule has 0 fully saturated rings. The maximum atomic E-state index is 14.4. The Hall–Kier alpha value is -4.15. The van der Waals surface area contributed by atoms with E-state index in [2.05, 4.69) is 0 Å². The highest BCUT2D eigenvalue weighted by Gasteiger charge is 2.41. The number of rotatable bonds is 9. The third-order valence-electron chi connectivity index (χ3n) is 6.37. The lowest BCUT2D eigenvalue weighted by Gasteiger charge is -2.30. The molecule has 2 unspecified atom stereocenters. The monoisotopic (exact) mass is 526 g/mol. The average Bonchev–Trinajstić information content (AvgIpc) is 2.96. The molecule has 4 aromatic carbocycles. The van der Waals surface area contributed by atoms with Gasteiger partial charge in [0.25, 0.3) is 7.37 Å². The number of ether oxygens (including phenoxy) is 2. The minimum atomic E-state index is -3.58. The first kappa shape index (κ1) is 25.5. The molecule has 0 aliphatic carbocycles. The maximum Gasteiger partial charge on any atom is 0.310 e. The van der Waals surface area contributed by atoms with Crippen LogP contribution in [0, 0.1) is 5.92 Å². The van der Waals surface area contributed by atoms with Crippen molar-refractivity contribution >= 4 is 24.6 Å². The number of para-hydroxylation sites is 1. The Morgan fingerprint density at radius 2 is 1.24 bits per heavy atom. The van der Waals surface area contributed by atoms with Crippen LogP contribution in [0.15, 0.2) is 109 Å². The molecule has 0 amide bonds. The van der Waals surface area contributed by atoms with Gasteiger partial charge in [0.15, 0.2) is 0 Å². The molecule has 0 N–H and O–H groups in total. The summed E-state index contributed by atoms with van der Waals surface area (Å²) in [4.78, 5) is 26.1. The summed E-state index contributed by atoms with van der Waals surface area (Å²) in [5, 5.41) is 0.525. The Morgan fingerprint density at radius 3 is 1.92 bits per heavy atom. The van der Waals surface area contributed by atoms with E-state index in [0.29, 0.717) is 11.1 Å². The molecular formula is C31H27O6P. The Kier molecular flexibility index (Phi) is 7.71. The van der Waals surface area contributed by atoms with Gasteiger partial charge in [-0.1, -0.05) is 97.1 Å². The second-order valence-electron chi connectivity index (χ2n) is 9.10. The van der Waals surface area contributed by atoms with Crippen LogP contribution in [0.3, 0.4) is 0 Å². The molecule has 1 aliphatic heterocycles. The predicted molar refractivity (Wildman–Crippen MR) is 145 cm³/mol. The molecule has 1 heterocycles. The van der Waals surface area contributed by atoms with Gasteiger partial charge in [-0.25, -0.2) is 0 Å². The van der Waals surface area contributed by atoms with Crippen molar-refractivity contribution in [3.63, 3.8) is 0 Å². The van der Waals surface area contributed by atoms with Crippen LogP contribution < -0.4 is 9.83 Å². The van der Waals surface area contributed by atoms with E-state index >= 15 is 0 Å². The van der Waals surface area contributed by atoms with Crippen LogP contribution in [-0.4, -0.2) is 18.1 Å². The van der Waals surface area contributed by atoms with Crippen molar-refractivity contribution in [2.24, 2.45) is 5.92 Å². The lowest BCUT2D eigenvalue weighted by molar-refractivity contribution is -0.155. The average molecular weight is 527 g/mol. The number of fused-ring (bicyclic) bond motifs is 3. The fourth-order valence-corrected chi connectivity index (χ4v) is 7.05. The van der Waals surface area contributed by atoms with Gasteiger partial charge in [-0.3, -0.25) is 14.2 Å². The predicted octanol–water partition coefficient (Wildman–Crippen LogP) is 6.14. The lowest BCUT2D eigenvalue weighted by atomic mass is 10.0. The molecule has 0 aromatic heterocycles. The fraction of sp³-hybridized carbons (Fsp3) is 0.161. The van der Waals surface area contributed by atoms with E-state index in [1.807, 2.05) is 91.0 Å². The van der Waals surface area contributed by atoms with E-state index < -0.39 is 25.2 Å². The fourth-order valence-electron chi connectivity index (χ4n) is 4.47. The third kappa shape index (κ3) is 5.87. The van der Waals surface area contributed by atoms with E-state index in [0.717, 1.165) is 22.3 Å². The highest BCUT2D eigenvalue weighted by Crippen LogP contribution is 2.55. The van der Waals surface area contributed by atoms with Crippen LogP contribution in [0.1, 0.15) is 17.5 Å². The zero-order valence-corrected chi connectivity index (χ0v) is 21.6. The topological polar surface area (TPSA) is 78.9 Å². The summed E-state index contributed by atoms with van der Waals surface area (Å²) in [5.41, 5.74) is 3.27. The largest absolute Gasteiger partial charge is 0.461 e. The standard InChI is InChI=1S/C31H27O6P/c32-30(35-20-23-11-3-1-4-12-23)19-25(31(33)36-21-24-13-5-2-6-14-24)22-38(34)29-18-10-8-16-27(29)26-15-7-9-17-28(26)37-38/h1-18,25H,19-22H2. The minimum Gasteiger partial charge on any atom is -0.461 e. The van der Waals surface area contributed by atoms with Gasteiger partial charge in [0, 0.05) is 5.56 Å². The number of carbonyl (C=O) groups is 2. The zero-order valence-electron chi connectivity index (χ0n) is 20.7. The second kappa shape index (κ2) is 11.5. The molecule has 0 saturated carbocycles. The molecule has 38 heavy (non-hydrogen) atoms. The molecule has 2 atom stereocenters. The van der Waals surface area contributed by atoms with E-state index in [-0.39, 0.29) is 25.8 Å². The van der Waals surface area contributed by atoms with Crippen LogP contribution >= 0.6 is 7.37 Å².